The molecular weight excluding hydrogens is 348 g/mol. The van der Waals surface area contributed by atoms with Crippen LogP contribution in [0.15, 0.2) is 24.5 Å². The Morgan fingerprint density at radius 3 is 2.69 bits per heavy atom. The molecule has 1 aromatic carbocycles. The third kappa shape index (κ3) is 3.55. The van der Waals surface area contributed by atoms with Crippen LogP contribution in [0.2, 0.25) is 0 Å². The summed E-state index contributed by atoms with van der Waals surface area (Å²) in [6.45, 7) is 5.92. The minimum atomic E-state index is 0.488. The van der Waals surface area contributed by atoms with E-state index in [9.17, 15) is 0 Å². The molecule has 0 atom stereocenters. The SMILES string of the molecule is Cc1ccc2nc(Nc3ncnc(NN4CCN(C)CC4)c3N)sc2c1. The zero-order valence-corrected chi connectivity index (χ0v) is 15.7. The van der Waals surface area contributed by atoms with Gasteiger partial charge in [-0.15, -0.1) is 0 Å². The largest absolute Gasteiger partial charge is 0.393 e. The number of anilines is 4. The van der Waals surface area contributed by atoms with Gasteiger partial charge in [-0.2, -0.15) is 0 Å². The molecule has 0 saturated carbocycles. The molecule has 136 valence electrons. The van der Waals surface area contributed by atoms with Gasteiger partial charge in [-0.3, -0.25) is 0 Å². The number of hydrazine groups is 1. The number of fused-ring (bicyclic) bond motifs is 1. The molecule has 0 unspecified atom stereocenters. The number of nitrogens with one attached hydrogen (secondary N) is 2. The average molecular weight is 370 g/mol. The van der Waals surface area contributed by atoms with Crippen LogP contribution in [0.4, 0.5) is 22.5 Å². The Kier molecular flexibility index (Phi) is 4.58. The van der Waals surface area contributed by atoms with E-state index >= 15 is 0 Å². The van der Waals surface area contributed by atoms with Gasteiger partial charge in [0.05, 0.1) is 10.2 Å². The molecule has 0 aliphatic carbocycles. The minimum Gasteiger partial charge on any atom is -0.393 e. The highest BCUT2D eigenvalue weighted by Gasteiger charge is 2.17. The van der Waals surface area contributed by atoms with Crippen LogP contribution in [0, 0.1) is 6.92 Å². The highest BCUT2D eigenvalue weighted by Crippen LogP contribution is 2.31. The molecule has 26 heavy (non-hydrogen) atoms. The molecule has 2 aromatic heterocycles. The van der Waals surface area contributed by atoms with E-state index in [0.29, 0.717) is 17.3 Å². The van der Waals surface area contributed by atoms with Crippen molar-refractivity contribution in [2.45, 2.75) is 6.92 Å². The molecule has 1 aliphatic heterocycles. The van der Waals surface area contributed by atoms with Gasteiger partial charge in [0.1, 0.15) is 12.0 Å². The van der Waals surface area contributed by atoms with Gasteiger partial charge in [0, 0.05) is 26.2 Å². The Morgan fingerprint density at radius 1 is 1.12 bits per heavy atom. The molecule has 4 N–H and O–H groups in total. The molecule has 3 aromatic rings. The molecule has 0 radical (unpaired) electrons. The van der Waals surface area contributed by atoms with Gasteiger partial charge < -0.3 is 21.4 Å². The Morgan fingerprint density at radius 2 is 1.88 bits per heavy atom. The number of nitrogens with two attached hydrogens (primary N) is 1. The van der Waals surface area contributed by atoms with Gasteiger partial charge in [-0.05, 0) is 31.7 Å². The highest BCUT2D eigenvalue weighted by molar-refractivity contribution is 7.22. The van der Waals surface area contributed by atoms with Crippen LogP contribution in [0.25, 0.3) is 10.2 Å². The van der Waals surface area contributed by atoms with Crippen LogP contribution < -0.4 is 16.5 Å². The Balaban J connectivity index is 1.53. The van der Waals surface area contributed by atoms with Crippen molar-refractivity contribution < 1.29 is 0 Å². The van der Waals surface area contributed by atoms with Gasteiger partial charge in [0.2, 0.25) is 0 Å². The lowest BCUT2D eigenvalue weighted by molar-refractivity contribution is 0.178. The van der Waals surface area contributed by atoms with Crippen molar-refractivity contribution in [1.29, 1.82) is 0 Å². The Hall–Kier alpha value is -2.49. The first-order chi connectivity index (χ1) is 12.6. The normalized spacial score (nSPS) is 16.1. The fourth-order valence-electron chi connectivity index (χ4n) is 2.84. The van der Waals surface area contributed by atoms with Crippen molar-refractivity contribution in [3.63, 3.8) is 0 Å². The fourth-order valence-corrected chi connectivity index (χ4v) is 3.80. The molecule has 1 saturated heterocycles. The van der Waals surface area contributed by atoms with Crippen molar-refractivity contribution in [3.05, 3.63) is 30.1 Å². The monoisotopic (exact) mass is 370 g/mol. The average Bonchev–Trinajstić information content (AvgIpc) is 3.02. The first-order valence-electron chi connectivity index (χ1n) is 8.53. The fraction of sp³-hybridized carbons (Fsp3) is 0.353. The summed E-state index contributed by atoms with van der Waals surface area (Å²) in [6, 6.07) is 6.21. The number of hydrogen-bond acceptors (Lipinski definition) is 9. The summed E-state index contributed by atoms with van der Waals surface area (Å²) in [5.74, 6) is 1.18. The molecule has 4 rings (SSSR count). The van der Waals surface area contributed by atoms with Gasteiger partial charge in [-0.1, -0.05) is 17.4 Å². The van der Waals surface area contributed by atoms with Crippen molar-refractivity contribution >= 4 is 44.0 Å². The van der Waals surface area contributed by atoms with E-state index in [1.54, 1.807) is 11.3 Å². The van der Waals surface area contributed by atoms with E-state index in [1.165, 1.54) is 11.9 Å². The van der Waals surface area contributed by atoms with Gasteiger partial charge in [0.25, 0.3) is 0 Å². The first kappa shape index (κ1) is 17.0. The molecule has 1 fully saturated rings. The number of hydrogen-bond donors (Lipinski definition) is 3. The summed E-state index contributed by atoms with van der Waals surface area (Å²) in [6.07, 6.45) is 1.51. The summed E-state index contributed by atoms with van der Waals surface area (Å²) in [5.41, 5.74) is 12.3. The predicted octanol–water partition coefficient (Wildman–Crippen LogP) is 2.29. The van der Waals surface area contributed by atoms with Gasteiger partial charge in [0.15, 0.2) is 16.8 Å². The molecule has 1 aliphatic rings. The zero-order chi connectivity index (χ0) is 18.1. The summed E-state index contributed by atoms with van der Waals surface area (Å²) in [5, 5.41) is 6.12. The number of thiazole rings is 1. The Bertz CT molecular complexity index is 916. The number of likely N-dealkylation sites (N-methyl/N-ethyl adjacent to an activating group) is 1. The van der Waals surface area contributed by atoms with Crippen LogP contribution >= 0.6 is 11.3 Å². The third-order valence-corrected chi connectivity index (χ3v) is 5.35. The third-order valence-electron chi connectivity index (χ3n) is 4.42. The molecule has 0 bridgehead atoms. The maximum Gasteiger partial charge on any atom is 0.189 e. The molecule has 8 nitrogen and oxygen atoms in total. The highest BCUT2D eigenvalue weighted by atomic mass is 32.1. The van der Waals surface area contributed by atoms with E-state index in [1.807, 2.05) is 6.07 Å². The lowest BCUT2D eigenvalue weighted by atomic mass is 10.2. The van der Waals surface area contributed by atoms with Gasteiger partial charge >= 0.3 is 0 Å². The Labute approximate surface area is 156 Å². The first-order valence-corrected chi connectivity index (χ1v) is 9.35. The topological polar surface area (TPSA) is 95.2 Å². The summed E-state index contributed by atoms with van der Waals surface area (Å²) >= 11 is 1.58. The van der Waals surface area contributed by atoms with Crippen LogP contribution in [-0.2, 0) is 0 Å². The maximum absolute atomic E-state index is 6.28. The molecule has 3 heterocycles. The lowest BCUT2D eigenvalue weighted by Gasteiger charge is -2.32. The second kappa shape index (κ2) is 7.02. The second-order valence-corrected chi connectivity index (χ2v) is 7.53. The number of benzene rings is 1. The molecular formula is C17H22N8S. The molecule has 9 heteroatoms. The van der Waals surface area contributed by atoms with Crippen LogP contribution in [0.3, 0.4) is 0 Å². The van der Waals surface area contributed by atoms with Crippen molar-refractivity contribution in [3.8, 4) is 0 Å². The standard InChI is InChI=1S/C17H22N8S/c1-11-3-4-12-13(9-11)26-17(21-12)22-15-14(18)16(20-10-19-15)23-25-7-5-24(2)6-8-25/h3-4,9-10H,5-8,18H2,1-2H3,(H2,19,20,21,22,23). The number of nitrogens with zero attached hydrogens (tertiary/aromatic N) is 5. The maximum atomic E-state index is 6.28. The number of nitrogen functional groups attached to an aromatic ring is 1. The summed E-state index contributed by atoms with van der Waals surface area (Å²) < 4.78 is 1.14. The van der Waals surface area contributed by atoms with E-state index in [-0.39, 0.29) is 0 Å². The van der Waals surface area contributed by atoms with Crippen LogP contribution in [0.5, 0.6) is 0 Å². The predicted molar refractivity (Wildman–Crippen MR) is 107 cm³/mol. The lowest BCUT2D eigenvalue weighted by Crippen LogP contribution is -2.47. The van der Waals surface area contributed by atoms with E-state index in [2.05, 4.69) is 61.7 Å². The number of aromatic nitrogens is 3. The van der Waals surface area contributed by atoms with Gasteiger partial charge in [-0.25, -0.2) is 20.0 Å². The quantitative estimate of drug-likeness (QED) is 0.644. The second-order valence-electron chi connectivity index (χ2n) is 6.50. The van der Waals surface area contributed by atoms with E-state index in [4.69, 9.17) is 5.73 Å². The molecule has 0 spiro atoms. The number of aryl methyl sites for hydroxylation is 1. The minimum absolute atomic E-state index is 0.488. The van der Waals surface area contributed by atoms with Crippen molar-refractivity contribution in [2.75, 3.05) is 49.7 Å². The summed E-state index contributed by atoms with van der Waals surface area (Å²) in [7, 11) is 2.12. The summed E-state index contributed by atoms with van der Waals surface area (Å²) in [4.78, 5) is 15.5. The van der Waals surface area contributed by atoms with E-state index in [0.717, 1.165) is 41.5 Å². The number of piperazine rings is 1. The van der Waals surface area contributed by atoms with Crippen molar-refractivity contribution in [1.82, 2.24) is 24.9 Å². The van der Waals surface area contributed by atoms with Crippen LogP contribution in [0.1, 0.15) is 5.56 Å². The number of rotatable bonds is 4. The van der Waals surface area contributed by atoms with Crippen molar-refractivity contribution in [2.24, 2.45) is 0 Å². The smallest absolute Gasteiger partial charge is 0.189 e. The van der Waals surface area contributed by atoms with Crippen LogP contribution in [-0.4, -0.2) is 58.1 Å². The van der Waals surface area contributed by atoms with E-state index < -0.39 is 0 Å². The molecule has 0 amide bonds. The zero-order valence-electron chi connectivity index (χ0n) is 14.9.